The molecule has 0 bridgehead atoms. The van der Waals surface area contributed by atoms with Crippen molar-refractivity contribution < 1.29 is 9.59 Å². The van der Waals surface area contributed by atoms with E-state index < -0.39 is 0 Å². The van der Waals surface area contributed by atoms with E-state index in [1.807, 2.05) is 0 Å². The number of aromatic nitrogens is 4. The summed E-state index contributed by atoms with van der Waals surface area (Å²) in [5, 5.41) is 13.6. The van der Waals surface area contributed by atoms with E-state index in [1.165, 1.54) is 11.3 Å². The number of nitrogens with zero attached hydrogens (tertiary/aromatic N) is 6. The molecule has 3 aliphatic rings. The van der Waals surface area contributed by atoms with Gasteiger partial charge in [-0.2, -0.15) is 19.6 Å². The van der Waals surface area contributed by atoms with Crippen molar-refractivity contribution in [1.82, 2.24) is 29.8 Å². The SMILES string of the molecule is CN1CCN(c2ccccc2CNc2nc(NC3CC3)n3ncc(/C=C4\CC(=O)NC4=O)c3n2)CC1. The smallest absolute Gasteiger partial charge is 0.254 e. The normalized spacial score (nSPS) is 19.8. The van der Waals surface area contributed by atoms with E-state index in [2.05, 4.69) is 62.2 Å². The van der Waals surface area contributed by atoms with Gasteiger partial charge in [0.2, 0.25) is 17.8 Å². The van der Waals surface area contributed by atoms with E-state index in [0.717, 1.165) is 39.0 Å². The number of benzene rings is 1. The summed E-state index contributed by atoms with van der Waals surface area (Å²) in [5.74, 6) is 0.415. The molecular weight excluding hydrogens is 458 g/mol. The molecular formula is C25H29N9O2. The molecule has 3 aromatic rings. The van der Waals surface area contributed by atoms with Crippen molar-refractivity contribution in [3.63, 3.8) is 0 Å². The fraction of sp³-hybridized carbons (Fsp3) is 0.400. The average Bonchev–Trinajstić information content (AvgIpc) is 3.51. The number of hydrogen-bond donors (Lipinski definition) is 3. The maximum absolute atomic E-state index is 12.1. The summed E-state index contributed by atoms with van der Waals surface area (Å²) in [5.41, 5.74) is 4.04. The Balaban J connectivity index is 1.29. The molecule has 6 rings (SSSR count). The first kappa shape index (κ1) is 22.5. The van der Waals surface area contributed by atoms with E-state index in [0.29, 0.717) is 41.3 Å². The Kier molecular flexibility index (Phi) is 5.76. The van der Waals surface area contributed by atoms with Crippen LogP contribution in [0, 0.1) is 0 Å². The van der Waals surface area contributed by atoms with Gasteiger partial charge in [0, 0.05) is 55.6 Å². The third kappa shape index (κ3) is 4.61. The molecule has 0 unspecified atom stereocenters. The summed E-state index contributed by atoms with van der Waals surface area (Å²) < 4.78 is 1.66. The third-order valence-electron chi connectivity index (χ3n) is 6.80. The molecule has 4 heterocycles. The van der Waals surface area contributed by atoms with Gasteiger partial charge in [0.15, 0.2) is 5.65 Å². The van der Waals surface area contributed by atoms with Crippen molar-refractivity contribution in [2.45, 2.75) is 31.8 Å². The molecule has 1 saturated carbocycles. The highest BCUT2D eigenvalue weighted by Crippen LogP contribution is 2.27. The lowest BCUT2D eigenvalue weighted by atomic mass is 10.1. The van der Waals surface area contributed by atoms with Crippen LogP contribution < -0.4 is 20.9 Å². The highest BCUT2D eigenvalue weighted by molar-refractivity contribution is 6.15. The maximum atomic E-state index is 12.1. The highest BCUT2D eigenvalue weighted by Gasteiger charge is 2.26. The lowest BCUT2D eigenvalue weighted by Crippen LogP contribution is -2.44. The van der Waals surface area contributed by atoms with Gasteiger partial charge < -0.3 is 20.4 Å². The van der Waals surface area contributed by atoms with Crippen molar-refractivity contribution in [2.24, 2.45) is 0 Å². The molecule has 1 aromatic carbocycles. The van der Waals surface area contributed by atoms with Gasteiger partial charge in [0.25, 0.3) is 5.91 Å². The molecule has 2 aromatic heterocycles. The van der Waals surface area contributed by atoms with Crippen LogP contribution in [0.1, 0.15) is 30.4 Å². The fourth-order valence-corrected chi connectivity index (χ4v) is 4.58. The van der Waals surface area contributed by atoms with Crippen molar-refractivity contribution >= 4 is 41.1 Å². The van der Waals surface area contributed by atoms with Crippen molar-refractivity contribution in [1.29, 1.82) is 0 Å². The Labute approximate surface area is 208 Å². The molecule has 2 amide bonds. The zero-order valence-electron chi connectivity index (χ0n) is 20.2. The lowest BCUT2D eigenvalue weighted by Gasteiger charge is -2.35. The summed E-state index contributed by atoms with van der Waals surface area (Å²) >= 11 is 0. The van der Waals surface area contributed by atoms with E-state index in [9.17, 15) is 9.59 Å². The fourth-order valence-electron chi connectivity index (χ4n) is 4.58. The molecule has 2 saturated heterocycles. The van der Waals surface area contributed by atoms with Crippen molar-refractivity contribution in [3.05, 3.63) is 47.2 Å². The number of anilines is 3. The number of imide groups is 1. The van der Waals surface area contributed by atoms with E-state index in [4.69, 9.17) is 9.97 Å². The minimum absolute atomic E-state index is 0.0582. The van der Waals surface area contributed by atoms with Crippen molar-refractivity contribution in [2.75, 3.05) is 48.8 Å². The van der Waals surface area contributed by atoms with Gasteiger partial charge in [-0.25, -0.2) is 0 Å². The Hall–Kier alpha value is -3.99. The van der Waals surface area contributed by atoms with Gasteiger partial charge >= 0.3 is 0 Å². The van der Waals surface area contributed by atoms with E-state index in [-0.39, 0.29) is 18.2 Å². The third-order valence-corrected chi connectivity index (χ3v) is 6.80. The van der Waals surface area contributed by atoms with Crippen LogP contribution in [0.15, 0.2) is 36.0 Å². The second-order valence-corrected chi connectivity index (χ2v) is 9.62. The maximum Gasteiger partial charge on any atom is 0.254 e. The largest absolute Gasteiger partial charge is 0.369 e. The monoisotopic (exact) mass is 487 g/mol. The Morgan fingerprint density at radius 3 is 2.67 bits per heavy atom. The Morgan fingerprint density at radius 1 is 1.11 bits per heavy atom. The highest BCUT2D eigenvalue weighted by atomic mass is 16.2. The number of fused-ring (bicyclic) bond motifs is 1. The number of likely N-dealkylation sites (N-methyl/N-ethyl adjacent to an activating group) is 1. The molecule has 0 atom stereocenters. The first-order valence-electron chi connectivity index (χ1n) is 12.4. The van der Waals surface area contributed by atoms with Crippen LogP contribution in [0.4, 0.5) is 17.6 Å². The number of para-hydroxylation sites is 1. The van der Waals surface area contributed by atoms with Crippen LogP contribution in [0.5, 0.6) is 0 Å². The van der Waals surface area contributed by atoms with Gasteiger partial charge in [-0.15, -0.1) is 0 Å². The quantitative estimate of drug-likeness (QED) is 0.336. The lowest BCUT2D eigenvalue weighted by molar-refractivity contribution is -0.124. The number of piperazine rings is 1. The van der Waals surface area contributed by atoms with Gasteiger partial charge in [-0.05, 0) is 37.6 Å². The number of carbonyl (C=O) groups excluding carboxylic acids is 2. The molecule has 0 spiro atoms. The zero-order valence-corrected chi connectivity index (χ0v) is 20.2. The molecule has 3 N–H and O–H groups in total. The molecule has 186 valence electrons. The standard InChI is InChI=1S/C25H29N9O2/c1-32-8-10-33(11-9-32)20-5-3-2-4-16(20)14-26-24-30-22-18(12-17-13-21(35)29-23(17)36)15-27-34(22)25(31-24)28-19-6-7-19/h2-5,12,15,19H,6-11,13-14H2,1H3,(H,29,35,36)(H2,26,28,30,31)/b17-12+. The number of amides is 2. The predicted octanol–water partition coefficient (Wildman–Crippen LogP) is 1.49. The Bertz CT molecular complexity index is 1350. The Morgan fingerprint density at radius 2 is 1.92 bits per heavy atom. The van der Waals surface area contributed by atoms with Gasteiger partial charge in [-0.3, -0.25) is 14.9 Å². The van der Waals surface area contributed by atoms with Gasteiger partial charge in [0.05, 0.1) is 12.6 Å². The van der Waals surface area contributed by atoms with Gasteiger partial charge in [0.1, 0.15) is 0 Å². The molecule has 36 heavy (non-hydrogen) atoms. The summed E-state index contributed by atoms with van der Waals surface area (Å²) in [7, 11) is 2.16. The van der Waals surface area contributed by atoms with Gasteiger partial charge in [-0.1, -0.05) is 18.2 Å². The molecule has 2 aliphatic heterocycles. The molecule has 1 aliphatic carbocycles. The van der Waals surface area contributed by atoms with Crippen LogP contribution in [0.3, 0.4) is 0 Å². The number of nitrogens with one attached hydrogen (secondary N) is 3. The minimum Gasteiger partial charge on any atom is -0.369 e. The van der Waals surface area contributed by atoms with Crippen LogP contribution in [-0.2, 0) is 16.1 Å². The summed E-state index contributed by atoms with van der Waals surface area (Å²) in [6.45, 7) is 4.65. The average molecular weight is 488 g/mol. The summed E-state index contributed by atoms with van der Waals surface area (Å²) in [6, 6.07) is 8.80. The minimum atomic E-state index is -0.372. The molecule has 11 heteroatoms. The molecule has 11 nitrogen and oxygen atoms in total. The second-order valence-electron chi connectivity index (χ2n) is 9.62. The topological polar surface area (TPSA) is 120 Å². The predicted molar refractivity (Wildman–Crippen MR) is 137 cm³/mol. The van der Waals surface area contributed by atoms with E-state index >= 15 is 0 Å². The molecule has 0 radical (unpaired) electrons. The van der Waals surface area contributed by atoms with Crippen LogP contribution in [0.2, 0.25) is 0 Å². The van der Waals surface area contributed by atoms with Crippen LogP contribution >= 0.6 is 0 Å². The number of carbonyl (C=O) groups is 2. The van der Waals surface area contributed by atoms with Crippen molar-refractivity contribution in [3.8, 4) is 0 Å². The van der Waals surface area contributed by atoms with E-state index in [1.54, 1.807) is 16.8 Å². The molecule has 3 fully saturated rings. The summed E-state index contributed by atoms with van der Waals surface area (Å²) in [6.07, 6.45) is 5.57. The zero-order chi connectivity index (χ0) is 24.6. The van der Waals surface area contributed by atoms with Crippen LogP contribution in [-0.4, -0.2) is 75.6 Å². The summed E-state index contributed by atoms with van der Waals surface area (Å²) in [4.78, 5) is 37.9. The van der Waals surface area contributed by atoms with Crippen LogP contribution in [0.25, 0.3) is 11.7 Å². The number of hydrogen-bond acceptors (Lipinski definition) is 9. The number of rotatable bonds is 7. The first-order valence-corrected chi connectivity index (χ1v) is 12.4. The second kappa shape index (κ2) is 9.23. The first-order chi connectivity index (χ1) is 17.5.